The van der Waals surface area contributed by atoms with Gasteiger partial charge < -0.3 is 15.4 Å². The molecule has 2 rings (SSSR count). The summed E-state index contributed by atoms with van der Waals surface area (Å²) in [5, 5.41) is 5.76. The molecule has 1 heterocycles. The van der Waals surface area contributed by atoms with Gasteiger partial charge in [0.05, 0.1) is 6.61 Å². The van der Waals surface area contributed by atoms with Crippen LogP contribution in [0.5, 0.6) is 5.75 Å². The van der Waals surface area contributed by atoms with Gasteiger partial charge in [-0.15, -0.1) is 0 Å². The van der Waals surface area contributed by atoms with E-state index in [0.29, 0.717) is 19.1 Å². The maximum atomic E-state index is 11.5. The van der Waals surface area contributed by atoms with Crippen LogP contribution in [0.15, 0.2) is 24.3 Å². The van der Waals surface area contributed by atoms with Gasteiger partial charge in [-0.2, -0.15) is 0 Å². The number of hydrogen-bond donors (Lipinski definition) is 2. The summed E-state index contributed by atoms with van der Waals surface area (Å²) >= 11 is 0. The lowest BCUT2D eigenvalue weighted by Crippen LogP contribution is -2.40. The summed E-state index contributed by atoms with van der Waals surface area (Å²) < 4.78 is 5.70. The van der Waals surface area contributed by atoms with Crippen molar-refractivity contribution in [2.75, 3.05) is 19.7 Å². The average molecular weight is 262 g/mol. The Morgan fingerprint density at radius 1 is 1.37 bits per heavy atom. The van der Waals surface area contributed by atoms with Crippen molar-refractivity contribution in [2.45, 2.75) is 26.2 Å². The highest BCUT2D eigenvalue weighted by Gasteiger charge is 2.19. The Morgan fingerprint density at radius 2 is 2.21 bits per heavy atom. The van der Waals surface area contributed by atoms with Crippen molar-refractivity contribution < 1.29 is 9.53 Å². The van der Waals surface area contributed by atoms with Crippen molar-refractivity contribution in [2.24, 2.45) is 5.92 Å². The maximum absolute atomic E-state index is 11.5. The van der Waals surface area contributed by atoms with Crippen LogP contribution in [0.3, 0.4) is 0 Å². The topological polar surface area (TPSA) is 50.4 Å². The highest BCUT2D eigenvalue weighted by molar-refractivity contribution is 5.73. The van der Waals surface area contributed by atoms with Crippen LogP contribution in [0.1, 0.15) is 25.3 Å². The van der Waals surface area contributed by atoms with E-state index in [1.54, 1.807) is 0 Å². The van der Waals surface area contributed by atoms with Gasteiger partial charge in [0.1, 0.15) is 5.75 Å². The maximum Gasteiger partial charge on any atom is 0.314 e. The molecule has 1 aromatic rings. The van der Waals surface area contributed by atoms with Crippen molar-refractivity contribution >= 4 is 6.03 Å². The summed E-state index contributed by atoms with van der Waals surface area (Å²) in [4.78, 5) is 11.5. The molecule has 0 spiro atoms. The van der Waals surface area contributed by atoms with Gasteiger partial charge in [-0.05, 0) is 24.5 Å². The molecule has 0 radical (unpaired) electrons. The third-order valence-corrected chi connectivity index (χ3v) is 3.32. The van der Waals surface area contributed by atoms with E-state index in [1.807, 2.05) is 18.2 Å². The fourth-order valence-electron chi connectivity index (χ4n) is 2.20. The van der Waals surface area contributed by atoms with Gasteiger partial charge >= 0.3 is 6.03 Å². The van der Waals surface area contributed by atoms with E-state index in [4.69, 9.17) is 4.74 Å². The second kappa shape index (κ2) is 7.02. The molecule has 2 N–H and O–H groups in total. The number of para-hydroxylation sites is 1. The molecule has 0 bridgehead atoms. The summed E-state index contributed by atoms with van der Waals surface area (Å²) in [5.41, 5.74) is 1.23. The first kappa shape index (κ1) is 13.7. The molecule has 1 atom stereocenters. The smallest absolute Gasteiger partial charge is 0.314 e. The minimum Gasteiger partial charge on any atom is -0.493 e. The number of carbonyl (C=O) groups is 1. The predicted octanol–water partition coefficient (Wildman–Crippen LogP) is 2.34. The van der Waals surface area contributed by atoms with E-state index in [9.17, 15) is 4.79 Å². The molecule has 4 heteroatoms. The van der Waals surface area contributed by atoms with Gasteiger partial charge in [0.25, 0.3) is 0 Å². The Morgan fingerprint density at radius 3 is 3.05 bits per heavy atom. The van der Waals surface area contributed by atoms with Crippen LogP contribution in [0.25, 0.3) is 0 Å². The summed E-state index contributed by atoms with van der Waals surface area (Å²) in [6.07, 6.45) is 3.08. The molecular formula is C15H22N2O2. The number of amides is 2. The Balaban J connectivity index is 1.72. The van der Waals surface area contributed by atoms with E-state index in [-0.39, 0.29) is 6.03 Å². The molecule has 1 aromatic carbocycles. The monoisotopic (exact) mass is 262 g/mol. The first-order valence-corrected chi connectivity index (χ1v) is 7.02. The molecule has 1 aliphatic rings. The fourth-order valence-corrected chi connectivity index (χ4v) is 2.20. The predicted molar refractivity (Wildman–Crippen MR) is 75.4 cm³/mol. The molecule has 0 saturated carbocycles. The molecular weight excluding hydrogens is 240 g/mol. The molecule has 4 nitrogen and oxygen atoms in total. The van der Waals surface area contributed by atoms with E-state index in [2.05, 4.69) is 23.6 Å². The van der Waals surface area contributed by atoms with Gasteiger partial charge in [-0.25, -0.2) is 4.79 Å². The number of carbonyl (C=O) groups excluding carboxylic acids is 1. The molecule has 0 fully saturated rings. The third kappa shape index (κ3) is 4.16. The Kier molecular flexibility index (Phi) is 5.07. The average Bonchev–Trinajstić information content (AvgIpc) is 2.45. The number of unbranched alkanes of at least 4 members (excludes halogenated alkanes) is 1. The van der Waals surface area contributed by atoms with Crippen molar-refractivity contribution in [1.29, 1.82) is 0 Å². The number of fused-ring (bicyclic) bond motifs is 1. The highest BCUT2D eigenvalue weighted by Crippen LogP contribution is 2.26. The Bertz CT molecular complexity index is 420. The second-order valence-electron chi connectivity index (χ2n) is 4.98. The zero-order chi connectivity index (χ0) is 13.5. The van der Waals surface area contributed by atoms with Gasteiger partial charge in [0.15, 0.2) is 0 Å². The summed E-state index contributed by atoms with van der Waals surface area (Å²) in [6, 6.07) is 8.01. The zero-order valence-electron chi connectivity index (χ0n) is 11.4. The number of urea groups is 1. The number of hydrogen-bond acceptors (Lipinski definition) is 2. The second-order valence-corrected chi connectivity index (χ2v) is 4.98. The first-order chi connectivity index (χ1) is 9.29. The van der Waals surface area contributed by atoms with E-state index >= 15 is 0 Å². The first-order valence-electron chi connectivity index (χ1n) is 7.02. The van der Waals surface area contributed by atoms with E-state index in [1.165, 1.54) is 5.56 Å². The standard InChI is InChI=1S/C15H22N2O2/c1-2-3-8-16-15(18)17-10-12-9-13-6-4-5-7-14(13)19-11-12/h4-7,12H,2-3,8-11H2,1H3,(H2,16,17,18). The molecule has 1 aliphatic heterocycles. The SMILES string of the molecule is CCCCNC(=O)NCC1COc2ccccc2C1. The van der Waals surface area contributed by atoms with Crippen LogP contribution in [0.2, 0.25) is 0 Å². The molecule has 0 aromatic heterocycles. The highest BCUT2D eigenvalue weighted by atomic mass is 16.5. The van der Waals surface area contributed by atoms with Crippen molar-refractivity contribution in [1.82, 2.24) is 10.6 Å². The van der Waals surface area contributed by atoms with Crippen LogP contribution in [0, 0.1) is 5.92 Å². The summed E-state index contributed by atoms with van der Waals surface area (Å²) in [6.45, 7) is 4.18. The molecule has 0 saturated heterocycles. The van der Waals surface area contributed by atoms with Crippen molar-refractivity contribution in [3.05, 3.63) is 29.8 Å². The van der Waals surface area contributed by atoms with E-state index in [0.717, 1.165) is 31.6 Å². The van der Waals surface area contributed by atoms with Gasteiger partial charge in [0.2, 0.25) is 0 Å². The van der Waals surface area contributed by atoms with Crippen LogP contribution < -0.4 is 15.4 Å². The van der Waals surface area contributed by atoms with Crippen LogP contribution in [-0.2, 0) is 6.42 Å². The van der Waals surface area contributed by atoms with Gasteiger partial charge in [0, 0.05) is 19.0 Å². The lowest BCUT2D eigenvalue weighted by atomic mass is 9.97. The lowest BCUT2D eigenvalue weighted by molar-refractivity contribution is 0.211. The zero-order valence-corrected chi connectivity index (χ0v) is 11.4. The number of rotatable bonds is 5. The van der Waals surface area contributed by atoms with Gasteiger partial charge in [-0.3, -0.25) is 0 Å². The normalized spacial score (nSPS) is 17.2. The van der Waals surface area contributed by atoms with Crippen molar-refractivity contribution in [3.8, 4) is 5.75 Å². The molecule has 104 valence electrons. The molecule has 19 heavy (non-hydrogen) atoms. The quantitative estimate of drug-likeness (QED) is 0.800. The fraction of sp³-hybridized carbons (Fsp3) is 0.533. The molecule has 2 amide bonds. The summed E-state index contributed by atoms with van der Waals surface area (Å²) in [5.74, 6) is 1.33. The van der Waals surface area contributed by atoms with Crippen molar-refractivity contribution in [3.63, 3.8) is 0 Å². The third-order valence-electron chi connectivity index (χ3n) is 3.32. The number of benzene rings is 1. The number of nitrogens with one attached hydrogen (secondary N) is 2. The molecule has 0 aliphatic carbocycles. The minimum absolute atomic E-state index is 0.0766. The Hall–Kier alpha value is -1.71. The van der Waals surface area contributed by atoms with Crippen LogP contribution >= 0.6 is 0 Å². The van der Waals surface area contributed by atoms with Crippen LogP contribution in [-0.4, -0.2) is 25.7 Å². The van der Waals surface area contributed by atoms with E-state index < -0.39 is 0 Å². The lowest BCUT2D eigenvalue weighted by Gasteiger charge is -2.25. The Labute approximate surface area is 114 Å². The van der Waals surface area contributed by atoms with Gasteiger partial charge in [-0.1, -0.05) is 31.5 Å². The largest absolute Gasteiger partial charge is 0.493 e. The van der Waals surface area contributed by atoms with Crippen LogP contribution in [0.4, 0.5) is 4.79 Å². The summed E-state index contributed by atoms with van der Waals surface area (Å²) in [7, 11) is 0. The molecule has 1 unspecified atom stereocenters. The number of ether oxygens (including phenoxy) is 1. The minimum atomic E-state index is -0.0766.